The van der Waals surface area contributed by atoms with Gasteiger partial charge in [-0.15, -0.1) is 0 Å². The first-order chi connectivity index (χ1) is 7.17. The van der Waals surface area contributed by atoms with Gasteiger partial charge in [0.2, 0.25) is 0 Å². The molecule has 0 saturated heterocycles. The van der Waals surface area contributed by atoms with Crippen LogP contribution in [0, 0.1) is 5.41 Å². The van der Waals surface area contributed by atoms with Crippen LogP contribution < -0.4 is 4.74 Å². The molecule has 1 fully saturated rings. The van der Waals surface area contributed by atoms with Crippen molar-refractivity contribution >= 4 is 47.8 Å². The molecule has 0 heterocycles. The van der Waals surface area contributed by atoms with Crippen LogP contribution >= 0.6 is 47.8 Å². The summed E-state index contributed by atoms with van der Waals surface area (Å²) in [5, 5.41) is 1.03. The Morgan fingerprint density at radius 3 is 2.27 bits per heavy atom. The summed E-state index contributed by atoms with van der Waals surface area (Å²) in [6.07, 6.45) is 2.53. The third kappa shape index (κ3) is 2.77. The second-order valence-corrected chi connectivity index (χ2v) is 6.24. The number of para-hydroxylation sites is 1. The standard InChI is InChI=1S/C11H11Br3O/c12-6-11(4-5-11)7-15-10-8(13)2-1-3-9(10)14/h1-3H,4-7H2. The zero-order valence-electron chi connectivity index (χ0n) is 8.10. The minimum atomic E-state index is 0.384. The molecule has 0 aliphatic heterocycles. The lowest BCUT2D eigenvalue weighted by Crippen LogP contribution is -2.14. The van der Waals surface area contributed by atoms with Gasteiger partial charge in [-0.05, 0) is 56.8 Å². The fourth-order valence-corrected chi connectivity index (χ4v) is 3.29. The van der Waals surface area contributed by atoms with Gasteiger partial charge in [0.1, 0.15) is 5.75 Å². The average Bonchev–Trinajstić information content (AvgIpc) is 2.98. The van der Waals surface area contributed by atoms with E-state index in [-0.39, 0.29) is 0 Å². The van der Waals surface area contributed by atoms with Crippen molar-refractivity contribution in [3.63, 3.8) is 0 Å². The first-order valence-corrected chi connectivity index (χ1v) is 7.50. The molecule has 1 saturated carbocycles. The van der Waals surface area contributed by atoms with Crippen LogP contribution in [0.2, 0.25) is 0 Å². The monoisotopic (exact) mass is 396 g/mol. The molecule has 82 valence electrons. The van der Waals surface area contributed by atoms with Gasteiger partial charge >= 0.3 is 0 Å². The molecule has 4 heteroatoms. The topological polar surface area (TPSA) is 9.23 Å². The molecule has 0 atom stereocenters. The maximum atomic E-state index is 5.86. The summed E-state index contributed by atoms with van der Waals surface area (Å²) in [7, 11) is 0. The van der Waals surface area contributed by atoms with Crippen molar-refractivity contribution in [1.29, 1.82) is 0 Å². The molecule has 0 spiro atoms. The number of hydrogen-bond donors (Lipinski definition) is 0. The lowest BCUT2D eigenvalue weighted by molar-refractivity contribution is 0.248. The Kier molecular flexibility index (Phi) is 3.79. The van der Waals surface area contributed by atoms with Crippen LogP contribution in [-0.4, -0.2) is 11.9 Å². The van der Waals surface area contributed by atoms with Crippen LogP contribution in [0.15, 0.2) is 27.1 Å². The van der Waals surface area contributed by atoms with Gasteiger partial charge < -0.3 is 4.74 Å². The highest BCUT2D eigenvalue weighted by Gasteiger charge is 2.42. The number of halogens is 3. The average molecular weight is 399 g/mol. The first-order valence-electron chi connectivity index (χ1n) is 4.80. The molecule has 1 aromatic carbocycles. The maximum absolute atomic E-state index is 5.86. The number of hydrogen-bond acceptors (Lipinski definition) is 1. The van der Waals surface area contributed by atoms with E-state index in [1.807, 2.05) is 18.2 Å². The molecule has 1 aliphatic rings. The smallest absolute Gasteiger partial charge is 0.147 e. The molecule has 0 unspecified atom stereocenters. The lowest BCUT2D eigenvalue weighted by Gasteiger charge is -2.15. The Balaban J connectivity index is 2.05. The third-order valence-corrected chi connectivity index (χ3v) is 5.12. The van der Waals surface area contributed by atoms with E-state index >= 15 is 0 Å². The van der Waals surface area contributed by atoms with Gasteiger partial charge in [0.05, 0.1) is 15.6 Å². The van der Waals surface area contributed by atoms with Gasteiger partial charge in [-0.2, -0.15) is 0 Å². The fraction of sp³-hybridized carbons (Fsp3) is 0.455. The van der Waals surface area contributed by atoms with E-state index in [4.69, 9.17) is 4.74 Å². The largest absolute Gasteiger partial charge is 0.491 e. The van der Waals surface area contributed by atoms with Gasteiger partial charge in [-0.1, -0.05) is 22.0 Å². The quantitative estimate of drug-likeness (QED) is 0.664. The van der Waals surface area contributed by atoms with E-state index in [2.05, 4.69) is 47.8 Å². The predicted octanol–water partition coefficient (Wildman–Crippen LogP) is 4.77. The van der Waals surface area contributed by atoms with Crippen molar-refractivity contribution in [2.45, 2.75) is 12.8 Å². The second-order valence-electron chi connectivity index (χ2n) is 3.97. The van der Waals surface area contributed by atoms with Crippen LogP contribution in [0.4, 0.5) is 0 Å². The molecule has 0 bridgehead atoms. The van der Waals surface area contributed by atoms with E-state index in [1.54, 1.807) is 0 Å². The van der Waals surface area contributed by atoms with Crippen molar-refractivity contribution in [3.8, 4) is 5.75 Å². The van der Waals surface area contributed by atoms with Gasteiger partial charge in [0.15, 0.2) is 0 Å². The zero-order chi connectivity index (χ0) is 10.9. The summed E-state index contributed by atoms with van der Waals surface area (Å²) in [5.74, 6) is 0.907. The Labute approximate surface area is 115 Å². The molecular formula is C11H11Br3O. The third-order valence-electron chi connectivity index (χ3n) is 2.68. The maximum Gasteiger partial charge on any atom is 0.147 e. The SMILES string of the molecule is BrCC1(COc2c(Br)cccc2Br)CC1. The normalized spacial score (nSPS) is 17.5. The summed E-state index contributed by atoms with van der Waals surface area (Å²) >= 11 is 10.5. The zero-order valence-corrected chi connectivity index (χ0v) is 12.9. The van der Waals surface area contributed by atoms with Gasteiger partial charge in [0, 0.05) is 10.7 Å². The highest BCUT2D eigenvalue weighted by Crippen LogP contribution is 2.48. The predicted molar refractivity (Wildman–Crippen MR) is 72.8 cm³/mol. The summed E-state index contributed by atoms with van der Waals surface area (Å²) < 4.78 is 7.87. The molecule has 0 N–H and O–H groups in total. The molecule has 0 aromatic heterocycles. The van der Waals surface area contributed by atoms with Crippen LogP contribution in [0.25, 0.3) is 0 Å². The highest BCUT2D eigenvalue weighted by atomic mass is 79.9. The minimum Gasteiger partial charge on any atom is -0.491 e. The van der Waals surface area contributed by atoms with Gasteiger partial charge in [-0.3, -0.25) is 0 Å². The fourth-order valence-electron chi connectivity index (χ4n) is 1.34. The van der Waals surface area contributed by atoms with E-state index in [0.717, 1.165) is 26.6 Å². The Bertz CT molecular complexity index is 341. The van der Waals surface area contributed by atoms with Crippen molar-refractivity contribution in [3.05, 3.63) is 27.1 Å². The van der Waals surface area contributed by atoms with Crippen molar-refractivity contribution in [2.24, 2.45) is 5.41 Å². The van der Waals surface area contributed by atoms with Gasteiger partial charge in [0.25, 0.3) is 0 Å². The molecule has 1 aliphatic carbocycles. The molecule has 0 amide bonds. The van der Waals surface area contributed by atoms with Crippen molar-refractivity contribution < 1.29 is 4.74 Å². The number of ether oxygens (including phenoxy) is 1. The van der Waals surface area contributed by atoms with E-state index in [0.29, 0.717) is 5.41 Å². The summed E-state index contributed by atoms with van der Waals surface area (Å²) in [5.41, 5.74) is 0.384. The molecule has 0 radical (unpaired) electrons. The Hall–Kier alpha value is 0.460. The van der Waals surface area contributed by atoms with E-state index in [9.17, 15) is 0 Å². The Morgan fingerprint density at radius 2 is 1.80 bits per heavy atom. The number of benzene rings is 1. The first kappa shape index (κ1) is 11.9. The highest BCUT2D eigenvalue weighted by molar-refractivity contribution is 9.11. The molecule has 1 aromatic rings. The molecular weight excluding hydrogens is 388 g/mol. The van der Waals surface area contributed by atoms with Crippen LogP contribution in [-0.2, 0) is 0 Å². The second kappa shape index (κ2) is 4.76. The Morgan fingerprint density at radius 1 is 1.20 bits per heavy atom. The molecule has 15 heavy (non-hydrogen) atoms. The summed E-state index contributed by atoms with van der Waals surface area (Å²) in [6, 6.07) is 5.97. The van der Waals surface area contributed by atoms with E-state index in [1.165, 1.54) is 12.8 Å². The number of alkyl halides is 1. The van der Waals surface area contributed by atoms with Crippen LogP contribution in [0.3, 0.4) is 0 Å². The molecule has 1 nitrogen and oxygen atoms in total. The lowest BCUT2D eigenvalue weighted by atomic mass is 10.2. The van der Waals surface area contributed by atoms with Crippen LogP contribution in [0.1, 0.15) is 12.8 Å². The number of rotatable bonds is 4. The summed E-state index contributed by atoms with van der Waals surface area (Å²) in [6.45, 7) is 0.791. The van der Waals surface area contributed by atoms with Crippen LogP contribution in [0.5, 0.6) is 5.75 Å². The summed E-state index contributed by atoms with van der Waals surface area (Å²) in [4.78, 5) is 0. The van der Waals surface area contributed by atoms with Crippen molar-refractivity contribution in [1.82, 2.24) is 0 Å². The van der Waals surface area contributed by atoms with Crippen molar-refractivity contribution in [2.75, 3.05) is 11.9 Å². The minimum absolute atomic E-state index is 0.384. The molecule has 2 rings (SSSR count). The van der Waals surface area contributed by atoms with E-state index < -0.39 is 0 Å². The van der Waals surface area contributed by atoms with Gasteiger partial charge in [-0.25, -0.2) is 0 Å².